The lowest BCUT2D eigenvalue weighted by Gasteiger charge is -1.99. The number of fused-ring (bicyclic) bond motifs is 1. The van der Waals surface area contributed by atoms with Crippen LogP contribution in [0.2, 0.25) is 0 Å². The largest absolute Gasteiger partial charge is 0.348 e. The third kappa shape index (κ3) is 1.38. The van der Waals surface area contributed by atoms with Crippen LogP contribution in [0.3, 0.4) is 0 Å². The second-order valence-corrected chi connectivity index (χ2v) is 4.40. The van der Waals surface area contributed by atoms with E-state index in [2.05, 4.69) is 5.32 Å². The van der Waals surface area contributed by atoms with E-state index < -0.39 is 10.1 Å². The molecule has 1 aliphatic rings. The molecule has 0 aromatic heterocycles. The summed E-state index contributed by atoms with van der Waals surface area (Å²) in [6.45, 7) is 0.303. The van der Waals surface area contributed by atoms with E-state index in [-0.39, 0.29) is 10.8 Å². The number of hydrogen-bond donors (Lipinski definition) is 2. The summed E-state index contributed by atoms with van der Waals surface area (Å²) in [4.78, 5) is 10.9. The maximum absolute atomic E-state index is 11.1. The summed E-state index contributed by atoms with van der Waals surface area (Å²) >= 11 is 0. The van der Waals surface area contributed by atoms with Crippen molar-refractivity contribution in [2.24, 2.45) is 0 Å². The van der Waals surface area contributed by atoms with E-state index in [1.54, 1.807) is 0 Å². The molecule has 0 fully saturated rings. The van der Waals surface area contributed by atoms with Crippen LogP contribution in [0.15, 0.2) is 23.1 Å². The van der Waals surface area contributed by atoms with Crippen LogP contribution < -0.4 is 5.32 Å². The fourth-order valence-electron chi connectivity index (χ4n) is 1.37. The summed E-state index contributed by atoms with van der Waals surface area (Å²) in [5.41, 5.74) is 1.04. The number of nitrogens with one attached hydrogen (secondary N) is 1. The zero-order chi connectivity index (χ0) is 10.3. The fourth-order valence-corrected chi connectivity index (χ4v) is 1.90. The van der Waals surface area contributed by atoms with Gasteiger partial charge in [0.25, 0.3) is 16.0 Å². The second kappa shape index (κ2) is 2.79. The van der Waals surface area contributed by atoms with Gasteiger partial charge in [-0.1, -0.05) is 0 Å². The molecule has 1 heterocycles. The normalized spacial score (nSPS) is 15.1. The fraction of sp³-hybridized carbons (Fsp3) is 0.125. The molecule has 1 aromatic rings. The summed E-state index contributed by atoms with van der Waals surface area (Å²) in [6.07, 6.45) is 0. The van der Waals surface area contributed by atoms with Crippen molar-refractivity contribution in [3.63, 3.8) is 0 Å². The van der Waals surface area contributed by atoms with Gasteiger partial charge in [0.1, 0.15) is 0 Å². The quantitative estimate of drug-likeness (QED) is 0.652. The lowest BCUT2D eigenvalue weighted by molar-refractivity contribution is 0.0965. The molecule has 0 unspecified atom stereocenters. The Morgan fingerprint density at radius 1 is 1.36 bits per heavy atom. The molecule has 0 saturated carbocycles. The van der Waals surface area contributed by atoms with E-state index in [1.807, 2.05) is 0 Å². The highest BCUT2D eigenvalue weighted by molar-refractivity contribution is 7.85. The first-order valence-corrected chi connectivity index (χ1v) is 5.31. The Kier molecular flexibility index (Phi) is 1.83. The summed E-state index contributed by atoms with van der Waals surface area (Å²) in [6, 6.07) is 3.89. The number of benzene rings is 1. The molecule has 0 aliphatic carbocycles. The Balaban J connectivity index is 2.58. The molecule has 0 atom stereocenters. The average molecular weight is 213 g/mol. The van der Waals surface area contributed by atoms with Gasteiger partial charge in [0, 0.05) is 12.1 Å². The summed E-state index contributed by atoms with van der Waals surface area (Å²) in [7, 11) is -4.18. The molecule has 1 aromatic carbocycles. The molecule has 0 saturated heterocycles. The molecule has 2 N–H and O–H groups in total. The molecule has 1 aliphatic heterocycles. The number of rotatable bonds is 1. The van der Waals surface area contributed by atoms with E-state index in [0.29, 0.717) is 17.7 Å². The van der Waals surface area contributed by atoms with Crippen molar-refractivity contribution in [1.82, 2.24) is 5.32 Å². The molecule has 0 bridgehead atoms. The van der Waals surface area contributed by atoms with Crippen molar-refractivity contribution in [3.05, 3.63) is 29.3 Å². The van der Waals surface area contributed by atoms with Gasteiger partial charge < -0.3 is 5.32 Å². The van der Waals surface area contributed by atoms with Crippen LogP contribution in [0, 0.1) is 0 Å². The average Bonchev–Trinajstić information content (AvgIpc) is 2.46. The molecular formula is C8H7NO4S. The van der Waals surface area contributed by atoms with Crippen LogP contribution in [0.5, 0.6) is 0 Å². The van der Waals surface area contributed by atoms with E-state index in [0.717, 1.165) is 0 Å². The standard InChI is InChI=1S/C8H7NO4S/c10-8-7-2-1-6(14(11,12)13)3-5(7)4-9-8/h1-3H,4H2,(H,9,10)(H,11,12,13). The van der Waals surface area contributed by atoms with E-state index in [4.69, 9.17) is 4.55 Å². The molecule has 5 nitrogen and oxygen atoms in total. The van der Waals surface area contributed by atoms with Crippen LogP contribution >= 0.6 is 0 Å². The van der Waals surface area contributed by atoms with Crippen LogP contribution in [0.4, 0.5) is 0 Å². The van der Waals surface area contributed by atoms with Crippen LogP contribution in [-0.2, 0) is 16.7 Å². The predicted octanol–water partition coefficient (Wildman–Crippen LogP) is 0.177. The zero-order valence-electron chi connectivity index (χ0n) is 7.02. The van der Waals surface area contributed by atoms with E-state index in [1.165, 1.54) is 18.2 Å². The molecule has 1 amide bonds. The van der Waals surface area contributed by atoms with Gasteiger partial charge in [-0.3, -0.25) is 9.35 Å². The molecule has 6 heteroatoms. The van der Waals surface area contributed by atoms with Gasteiger partial charge in [0.05, 0.1) is 4.90 Å². The van der Waals surface area contributed by atoms with Gasteiger partial charge >= 0.3 is 0 Å². The van der Waals surface area contributed by atoms with Gasteiger partial charge in [-0.25, -0.2) is 0 Å². The minimum atomic E-state index is -4.18. The van der Waals surface area contributed by atoms with Crippen molar-refractivity contribution in [1.29, 1.82) is 0 Å². The van der Waals surface area contributed by atoms with Crippen molar-refractivity contribution in [2.45, 2.75) is 11.4 Å². The third-order valence-electron chi connectivity index (χ3n) is 2.06. The maximum Gasteiger partial charge on any atom is 0.294 e. The topological polar surface area (TPSA) is 83.5 Å². The second-order valence-electron chi connectivity index (χ2n) is 2.98. The van der Waals surface area contributed by atoms with Gasteiger partial charge in [0.2, 0.25) is 0 Å². The lowest BCUT2D eigenvalue weighted by Crippen LogP contribution is -2.12. The van der Waals surface area contributed by atoms with Crippen LogP contribution in [-0.4, -0.2) is 18.9 Å². The minimum absolute atomic E-state index is 0.187. The molecular weight excluding hydrogens is 206 g/mol. The maximum atomic E-state index is 11.1. The van der Waals surface area contributed by atoms with Crippen molar-refractivity contribution >= 4 is 16.0 Å². The molecule has 74 valence electrons. The van der Waals surface area contributed by atoms with Crippen molar-refractivity contribution < 1.29 is 17.8 Å². The summed E-state index contributed by atoms with van der Waals surface area (Å²) in [5, 5.41) is 2.55. The first-order valence-electron chi connectivity index (χ1n) is 3.87. The first-order chi connectivity index (χ1) is 6.48. The van der Waals surface area contributed by atoms with Gasteiger partial charge in [-0.15, -0.1) is 0 Å². The van der Waals surface area contributed by atoms with Crippen molar-refractivity contribution in [2.75, 3.05) is 0 Å². The molecule has 0 spiro atoms. The number of hydrogen-bond acceptors (Lipinski definition) is 3. The third-order valence-corrected chi connectivity index (χ3v) is 2.91. The van der Waals surface area contributed by atoms with E-state index >= 15 is 0 Å². The highest BCUT2D eigenvalue weighted by Gasteiger charge is 2.21. The monoisotopic (exact) mass is 213 g/mol. The highest BCUT2D eigenvalue weighted by atomic mass is 32.2. The minimum Gasteiger partial charge on any atom is -0.348 e. The van der Waals surface area contributed by atoms with Gasteiger partial charge in [-0.2, -0.15) is 8.42 Å². The van der Waals surface area contributed by atoms with Crippen molar-refractivity contribution in [3.8, 4) is 0 Å². The lowest BCUT2D eigenvalue weighted by atomic mass is 10.1. The Morgan fingerprint density at radius 3 is 2.71 bits per heavy atom. The molecule has 0 radical (unpaired) electrons. The van der Waals surface area contributed by atoms with Gasteiger partial charge in [0.15, 0.2) is 0 Å². The highest BCUT2D eigenvalue weighted by Crippen LogP contribution is 2.19. The number of carbonyl (C=O) groups is 1. The number of carbonyl (C=O) groups excluding carboxylic acids is 1. The van der Waals surface area contributed by atoms with Crippen LogP contribution in [0.1, 0.15) is 15.9 Å². The Bertz CT molecular complexity index is 506. The summed E-state index contributed by atoms with van der Waals surface area (Å²) < 4.78 is 30.3. The predicted molar refractivity (Wildman–Crippen MR) is 47.4 cm³/mol. The van der Waals surface area contributed by atoms with Crippen LogP contribution in [0.25, 0.3) is 0 Å². The molecule has 2 rings (SSSR count). The number of amides is 1. The van der Waals surface area contributed by atoms with Gasteiger partial charge in [-0.05, 0) is 23.8 Å². The molecule has 14 heavy (non-hydrogen) atoms. The zero-order valence-corrected chi connectivity index (χ0v) is 7.84. The Hall–Kier alpha value is -1.40. The first kappa shape index (κ1) is 9.17. The summed E-state index contributed by atoms with van der Waals surface area (Å²) in [5.74, 6) is -0.220. The SMILES string of the molecule is O=C1NCc2cc(S(=O)(=O)O)ccc21. The smallest absolute Gasteiger partial charge is 0.294 e. The Labute approximate surface area is 80.5 Å². The van der Waals surface area contributed by atoms with E-state index in [9.17, 15) is 13.2 Å². The Morgan fingerprint density at radius 2 is 2.07 bits per heavy atom.